The van der Waals surface area contributed by atoms with Crippen LogP contribution in [0.4, 0.5) is 0 Å². The van der Waals surface area contributed by atoms with E-state index in [-0.39, 0.29) is 7.69 Å². The summed E-state index contributed by atoms with van der Waals surface area (Å²) in [6.45, 7) is 0. The van der Waals surface area contributed by atoms with Gasteiger partial charge in [0.15, 0.2) is 0 Å². The Hall–Kier alpha value is -2.78. The fourth-order valence-electron chi connectivity index (χ4n) is 3.05. The van der Waals surface area contributed by atoms with Gasteiger partial charge in [0.25, 0.3) is 0 Å². The monoisotopic (exact) mass is 298 g/mol. The standard InChI is InChI=1S/C20H15BO2/c22-21-23-20-18-8-4-3-6-15(18)11-12-19(20)17-10-9-14-5-1-2-7-16(14)13-17/h1-13,21-22H. The molecule has 4 rings (SSSR count). The minimum absolute atomic E-state index is 0.339. The maximum absolute atomic E-state index is 9.30. The molecule has 0 aromatic heterocycles. The number of rotatable bonds is 3. The van der Waals surface area contributed by atoms with E-state index < -0.39 is 0 Å². The van der Waals surface area contributed by atoms with Crippen LogP contribution in [0.3, 0.4) is 0 Å². The van der Waals surface area contributed by atoms with Crippen LogP contribution in [0.1, 0.15) is 0 Å². The normalized spacial score (nSPS) is 10.8. The van der Waals surface area contributed by atoms with E-state index in [1.165, 1.54) is 10.8 Å². The predicted octanol–water partition coefficient (Wildman–Crippen LogP) is 4.30. The molecular formula is C20H15BO2. The Morgan fingerprint density at radius 3 is 2.22 bits per heavy atom. The van der Waals surface area contributed by atoms with E-state index in [4.69, 9.17) is 4.65 Å². The molecule has 0 atom stereocenters. The van der Waals surface area contributed by atoms with Crippen molar-refractivity contribution in [2.45, 2.75) is 0 Å². The maximum Gasteiger partial charge on any atom is 0.504 e. The van der Waals surface area contributed by atoms with Crippen molar-refractivity contribution in [3.63, 3.8) is 0 Å². The molecule has 0 unspecified atom stereocenters. The van der Waals surface area contributed by atoms with Crippen molar-refractivity contribution in [2.24, 2.45) is 0 Å². The van der Waals surface area contributed by atoms with E-state index in [2.05, 4.69) is 42.5 Å². The van der Waals surface area contributed by atoms with E-state index in [1.54, 1.807) is 0 Å². The summed E-state index contributed by atoms with van der Waals surface area (Å²) in [6.07, 6.45) is 0. The summed E-state index contributed by atoms with van der Waals surface area (Å²) in [5.41, 5.74) is 2.07. The summed E-state index contributed by atoms with van der Waals surface area (Å²) in [7, 11) is -0.339. The van der Waals surface area contributed by atoms with Gasteiger partial charge in [-0.2, -0.15) is 0 Å². The quantitative estimate of drug-likeness (QED) is 0.571. The molecule has 0 fully saturated rings. The van der Waals surface area contributed by atoms with Crippen LogP contribution in [0.15, 0.2) is 78.9 Å². The van der Waals surface area contributed by atoms with Gasteiger partial charge in [-0.1, -0.05) is 72.8 Å². The largest absolute Gasteiger partial charge is 0.538 e. The summed E-state index contributed by atoms with van der Waals surface area (Å²) in [5, 5.41) is 13.8. The van der Waals surface area contributed by atoms with Crippen LogP contribution in [0, 0.1) is 0 Å². The van der Waals surface area contributed by atoms with Gasteiger partial charge in [0.1, 0.15) is 5.75 Å². The van der Waals surface area contributed by atoms with E-state index in [9.17, 15) is 5.02 Å². The lowest BCUT2D eigenvalue weighted by molar-refractivity contribution is 0.457. The molecule has 110 valence electrons. The molecule has 0 aliphatic heterocycles. The molecule has 4 aromatic rings. The second-order valence-electron chi connectivity index (χ2n) is 5.50. The van der Waals surface area contributed by atoms with Crippen molar-refractivity contribution >= 4 is 29.2 Å². The summed E-state index contributed by atoms with van der Waals surface area (Å²) in [6, 6.07) is 26.8. The van der Waals surface area contributed by atoms with Gasteiger partial charge >= 0.3 is 7.69 Å². The van der Waals surface area contributed by atoms with Gasteiger partial charge in [-0.3, -0.25) is 0 Å². The number of benzene rings is 4. The van der Waals surface area contributed by atoms with Gasteiger partial charge in [-0.05, 0) is 27.8 Å². The molecule has 4 aromatic carbocycles. The highest BCUT2D eigenvalue weighted by molar-refractivity contribution is 6.18. The Kier molecular flexibility index (Phi) is 3.49. The Balaban J connectivity index is 1.97. The maximum atomic E-state index is 9.30. The molecule has 2 nitrogen and oxygen atoms in total. The topological polar surface area (TPSA) is 29.5 Å². The molecular weight excluding hydrogens is 283 g/mol. The smallest absolute Gasteiger partial charge is 0.504 e. The first-order valence-corrected chi connectivity index (χ1v) is 7.61. The molecule has 0 aliphatic carbocycles. The minimum atomic E-state index is -0.339. The van der Waals surface area contributed by atoms with Crippen LogP contribution in [0.5, 0.6) is 5.75 Å². The SMILES string of the molecule is OBOc1c(-c2ccc3ccccc3c2)ccc2ccccc12. The zero-order valence-electron chi connectivity index (χ0n) is 12.6. The van der Waals surface area contributed by atoms with E-state index in [1.807, 2.05) is 36.4 Å². The highest BCUT2D eigenvalue weighted by Gasteiger charge is 2.11. The lowest BCUT2D eigenvalue weighted by Gasteiger charge is -2.14. The van der Waals surface area contributed by atoms with Crippen molar-refractivity contribution < 1.29 is 9.68 Å². The first-order chi connectivity index (χ1) is 11.4. The highest BCUT2D eigenvalue weighted by Crippen LogP contribution is 2.37. The van der Waals surface area contributed by atoms with Crippen LogP contribution in [-0.2, 0) is 0 Å². The summed E-state index contributed by atoms with van der Waals surface area (Å²) in [4.78, 5) is 0. The van der Waals surface area contributed by atoms with Gasteiger partial charge < -0.3 is 9.68 Å². The zero-order valence-corrected chi connectivity index (χ0v) is 12.6. The van der Waals surface area contributed by atoms with E-state index in [0.29, 0.717) is 0 Å². The van der Waals surface area contributed by atoms with E-state index >= 15 is 0 Å². The molecule has 0 saturated carbocycles. The first kappa shape index (κ1) is 13.9. The molecule has 0 radical (unpaired) electrons. The fraction of sp³-hybridized carbons (Fsp3) is 0. The average molecular weight is 298 g/mol. The summed E-state index contributed by atoms with van der Waals surface area (Å²) in [5.74, 6) is 0.723. The molecule has 0 spiro atoms. The predicted molar refractivity (Wildman–Crippen MR) is 96.9 cm³/mol. The molecule has 0 bridgehead atoms. The average Bonchev–Trinajstić information content (AvgIpc) is 2.62. The van der Waals surface area contributed by atoms with Crippen molar-refractivity contribution in [2.75, 3.05) is 0 Å². The Morgan fingerprint density at radius 2 is 1.39 bits per heavy atom. The second kappa shape index (κ2) is 5.78. The fourth-order valence-corrected chi connectivity index (χ4v) is 3.05. The second-order valence-corrected chi connectivity index (χ2v) is 5.50. The molecule has 1 N–H and O–H groups in total. The third-order valence-corrected chi connectivity index (χ3v) is 4.15. The van der Waals surface area contributed by atoms with Crippen LogP contribution >= 0.6 is 0 Å². The highest BCUT2D eigenvalue weighted by atomic mass is 16.5. The lowest BCUT2D eigenvalue weighted by atomic mass is 9.97. The van der Waals surface area contributed by atoms with Gasteiger partial charge in [-0.25, -0.2) is 0 Å². The molecule has 0 saturated heterocycles. The van der Waals surface area contributed by atoms with Crippen molar-refractivity contribution in [1.82, 2.24) is 0 Å². The Bertz CT molecular complexity index is 995. The molecule has 0 aliphatic rings. The third-order valence-electron chi connectivity index (χ3n) is 4.15. The molecule has 3 heteroatoms. The van der Waals surface area contributed by atoms with Gasteiger partial charge in [-0.15, -0.1) is 0 Å². The van der Waals surface area contributed by atoms with Gasteiger partial charge in [0, 0.05) is 10.9 Å². The summed E-state index contributed by atoms with van der Waals surface area (Å²) >= 11 is 0. The van der Waals surface area contributed by atoms with Crippen LogP contribution in [0.25, 0.3) is 32.7 Å². The Morgan fingerprint density at radius 1 is 0.696 bits per heavy atom. The van der Waals surface area contributed by atoms with Crippen LogP contribution in [0.2, 0.25) is 0 Å². The number of hydrogen-bond donors (Lipinski definition) is 1. The molecule has 23 heavy (non-hydrogen) atoms. The third kappa shape index (κ3) is 2.45. The molecule has 0 amide bonds. The minimum Gasteiger partial charge on any atom is -0.538 e. The van der Waals surface area contributed by atoms with Gasteiger partial charge in [0.05, 0.1) is 0 Å². The molecule has 0 heterocycles. The van der Waals surface area contributed by atoms with Gasteiger partial charge in [0.2, 0.25) is 0 Å². The number of fused-ring (bicyclic) bond motifs is 2. The Labute approximate surface area is 135 Å². The van der Waals surface area contributed by atoms with Crippen molar-refractivity contribution in [1.29, 1.82) is 0 Å². The van der Waals surface area contributed by atoms with Crippen molar-refractivity contribution in [3.8, 4) is 16.9 Å². The van der Waals surface area contributed by atoms with E-state index in [0.717, 1.165) is 27.6 Å². The summed E-state index contributed by atoms with van der Waals surface area (Å²) < 4.78 is 5.57. The zero-order chi connectivity index (χ0) is 15.6. The lowest BCUT2D eigenvalue weighted by Crippen LogP contribution is -2.02. The first-order valence-electron chi connectivity index (χ1n) is 7.61. The number of hydrogen-bond acceptors (Lipinski definition) is 2. The van der Waals surface area contributed by atoms with Crippen LogP contribution < -0.4 is 4.65 Å². The van der Waals surface area contributed by atoms with Crippen molar-refractivity contribution in [3.05, 3.63) is 78.9 Å². The van der Waals surface area contributed by atoms with Crippen LogP contribution in [-0.4, -0.2) is 12.7 Å².